The van der Waals surface area contributed by atoms with Gasteiger partial charge in [-0.15, -0.1) is 0 Å². The van der Waals surface area contributed by atoms with Gasteiger partial charge in [0.1, 0.15) is 11.8 Å². The SMILES string of the molecule is COc1ccc(S(=O)(=O)N[C@@H](C)C(=O)OC(C)C(=O)Nc2ncccn2)cc1. The molecule has 2 N–H and O–H groups in total. The number of esters is 1. The Bertz CT molecular complexity index is 918. The van der Waals surface area contributed by atoms with E-state index >= 15 is 0 Å². The van der Waals surface area contributed by atoms with Gasteiger partial charge >= 0.3 is 5.97 Å². The fourth-order valence-electron chi connectivity index (χ4n) is 2.01. The Balaban J connectivity index is 1.94. The average molecular weight is 408 g/mol. The Labute approximate surface area is 162 Å². The number of hydrogen-bond donors (Lipinski definition) is 2. The molecular weight excluding hydrogens is 388 g/mol. The lowest BCUT2D eigenvalue weighted by molar-refractivity contribution is -0.154. The van der Waals surface area contributed by atoms with Crippen molar-refractivity contribution >= 4 is 27.8 Å². The molecule has 0 saturated carbocycles. The van der Waals surface area contributed by atoms with Gasteiger partial charge in [-0.05, 0) is 44.2 Å². The van der Waals surface area contributed by atoms with Crippen LogP contribution < -0.4 is 14.8 Å². The van der Waals surface area contributed by atoms with Crippen molar-refractivity contribution in [1.29, 1.82) is 0 Å². The molecule has 0 fully saturated rings. The van der Waals surface area contributed by atoms with Crippen LogP contribution >= 0.6 is 0 Å². The van der Waals surface area contributed by atoms with Gasteiger partial charge in [-0.3, -0.25) is 14.9 Å². The number of benzene rings is 1. The number of methoxy groups -OCH3 is 1. The van der Waals surface area contributed by atoms with Crippen LogP contribution in [0.25, 0.3) is 0 Å². The summed E-state index contributed by atoms with van der Waals surface area (Å²) in [5, 5.41) is 2.38. The molecule has 0 radical (unpaired) electrons. The number of rotatable bonds is 8. The molecule has 2 rings (SSSR count). The number of carbonyl (C=O) groups is 2. The lowest BCUT2D eigenvalue weighted by Crippen LogP contribution is -2.42. The lowest BCUT2D eigenvalue weighted by Gasteiger charge is -2.17. The maximum atomic E-state index is 12.4. The van der Waals surface area contributed by atoms with Crippen LogP contribution in [0.2, 0.25) is 0 Å². The first-order valence-corrected chi connectivity index (χ1v) is 9.66. The van der Waals surface area contributed by atoms with E-state index in [0.29, 0.717) is 5.75 Å². The number of nitrogens with zero attached hydrogens (tertiary/aromatic N) is 2. The number of amides is 1. The Morgan fingerprint density at radius 2 is 1.68 bits per heavy atom. The van der Waals surface area contributed by atoms with Crippen molar-refractivity contribution < 1.29 is 27.5 Å². The summed E-state index contributed by atoms with van der Waals surface area (Å²) >= 11 is 0. The van der Waals surface area contributed by atoms with Gasteiger partial charge in [0.2, 0.25) is 16.0 Å². The number of carbonyl (C=O) groups excluding carboxylic acids is 2. The van der Waals surface area contributed by atoms with Gasteiger partial charge in [0.25, 0.3) is 5.91 Å². The Kier molecular flexibility index (Phi) is 7.01. The summed E-state index contributed by atoms with van der Waals surface area (Å²) in [5.74, 6) is -1.00. The molecule has 1 unspecified atom stereocenters. The van der Waals surface area contributed by atoms with E-state index in [1.165, 1.54) is 57.6 Å². The average Bonchev–Trinajstić information content (AvgIpc) is 2.68. The molecular formula is C17H20N4O6S. The van der Waals surface area contributed by atoms with Gasteiger partial charge < -0.3 is 9.47 Å². The third kappa shape index (κ3) is 5.72. The van der Waals surface area contributed by atoms with E-state index in [4.69, 9.17) is 9.47 Å². The minimum atomic E-state index is -3.96. The van der Waals surface area contributed by atoms with E-state index in [9.17, 15) is 18.0 Å². The fourth-order valence-corrected chi connectivity index (χ4v) is 3.20. The molecule has 1 heterocycles. The van der Waals surface area contributed by atoms with Crippen molar-refractivity contribution in [2.75, 3.05) is 12.4 Å². The van der Waals surface area contributed by atoms with Crippen molar-refractivity contribution in [1.82, 2.24) is 14.7 Å². The van der Waals surface area contributed by atoms with E-state index in [2.05, 4.69) is 20.0 Å². The molecule has 0 aliphatic rings. The van der Waals surface area contributed by atoms with Gasteiger partial charge in [0.15, 0.2) is 6.10 Å². The van der Waals surface area contributed by atoms with Gasteiger partial charge in [-0.1, -0.05) is 0 Å². The highest BCUT2D eigenvalue weighted by Crippen LogP contribution is 2.15. The maximum absolute atomic E-state index is 12.4. The van der Waals surface area contributed by atoms with E-state index in [-0.39, 0.29) is 10.8 Å². The van der Waals surface area contributed by atoms with Gasteiger partial charge in [0.05, 0.1) is 12.0 Å². The predicted octanol–water partition coefficient (Wildman–Crippen LogP) is 0.722. The molecule has 28 heavy (non-hydrogen) atoms. The van der Waals surface area contributed by atoms with Crippen LogP contribution in [0.15, 0.2) is 47.6 Å². The number of anilines is 1. The molecule has 0 bridgehead atoms. The molecule has 11 heteroatoms. The maximum Gasteiger partial charge on any atom is 0.324 e. The second-order valence-corrected chi connectivity index (χ2v) is 7.37. The van der Waals surface area contributed by atoms with Gasteiger partial charge in [-0.2, -0.15) is 4.72 Å². The van der Waals surface area contributed by atoms with Crippen molar-refractivity contribution in [3.8, 4) is 5.75 Å². The molecule has 2 atom stereocenters. The highest BCUT2D eigenvalue weighted by Gasteiger charge is 2.26. The Morgan fingerprint density at radius 1 is 1.07 bits per heavy atom. The van der Waals surface area contributed by atoms with Crippen LogP contribution in [0.1, 0.15) is 13.8 Å². The van der Waals surface area contributed by atoms with Gasteiger partial charge in [0, 0.05) is 12.4 Å². The Morgan fingerprint density at radius 3 is 2.25 bits per heavy atom. The first-order valence-electron chi connectivity index (χ1n) is 8.17. The number of hydrogen-bond acceptors (Lipinski definition) is 8. The quantitative estimate of drug-likeness (QED) is 0.610. The fraction of sp³-hybridized carbons (Fsp3) is 0.294. The van der Waals surface area contributed by atoms with E-state index in [1.807, 2.05) is 0 Å². The van der Waals surface area contributed by atoms with Crippen molar-refractivity contribution in [2.45, 2.75) is 30.9 Å². The second kappa shape index (κ2) is 9.24. The zero-order chi connectivity index (χ0) is 20.7. The molecule has 0 saturated heterocycles. The molecule has 2 aromatic rings. The highest BCUT2D eigenvalue weighted by atomic mass is 32.2. The smallest absolute Gasteiger partial charge is 0.324 e. The summed E-state index contributed by atoms with van der Waals surface area (Å²) in [4.78, 5) is 31.8. The van der Waals surface area contributed by atoms with Crippen LogP contribution in [0.5, 0.6) is 5.75 Å². The van der Waals surface area contributed by atoms with Gasteiger partial charge in [-0.25, -0.2) is 18.4 Å². The monoisotopic (exact) mass is 408 g/mol. The topological polar surface area (TPSA) is 137 Å². The number of nitrogens with one attached hydrogen (secondary N) is 2. The molecule has 10 nitrogen and oxygen atoms in total. The minimum Gasteiger partial charge on any atom is -0.497 e. The predicted molar refractivity (Wildman–Crippen MR) is 99.0 cm³/mol. The number of sulfonamides is 1. The zero-order valence-electron chi connectivity index (χ0n) is 15.4. The largest absolute Gasteiger partial charge is 0.497 e. The van der Waals surface area contributed by atoms with Crippen LogP contribution in [-0.4, -0.2) is 49.5 Å². The minimum absolute atomic E-state index is 0.0417. The summed E-state index contributed by atoms with van der Waals surface area (Å²) < 4.78 is 36.9. The summed E-state index contributed by atoms with van der Waals surface area (Å²) in [6.45, 7) is 2.66. The summed E-state index contributed by atoms with van der Waals surface area (Å²) in [7, 11) is -2.50. The summed E-state index contributed by atoms with van der Waals surface area (Å²) in [5.41, 5.74) is 0. The van der Waals surface area contributed by atoms with Crippen molar-refractivity contribution in [3.63, 3.8) is 0 Å². The first-order chi connectivity index (χ1) is 13.2. The summed E-state index contributed by atoms with van der Waals surface area (Å²) in [6, 6.07) is 6.01. The third-order valence-electron chi connectivity index (χ3n) is 3.52. The molecule has 1 amide bonds. The molecule has 0 aliphatic heterocycles. The van der Waals surface area contributed by atoms with Crippen LogP contribution in [0.3, 0.4) is 0 Å². The highest BCUT2D eigenvalue weighted by molar-refractivity contribution is 7.89. The molecule has 150 valence electrons. The normalized spacial score (nSPS) is 13.2. The Hall–Kier alpha value is -3.05. The van der Waals surface area contributed by atoms with Crippen LogP contribution in [0, 0.1) is 0 Å². The molecule has 0 aliphatic carbocycles. The third-order valence-corrected chi connectivity index (χ3v) is 5.07. The number of aromatic nitrogens is 2. The first kappa shape index (κ1) is 21.3. The molecule has 1 aromatic heterocycles. The van der Waals surface area contributed by atoms with Crippen LogP contribution in [0.4, 0.5) is 5.95 Å². The lowest BCUT2D eigenvalue weighted by atomic mass is 10.3. The zero-order valence-corrected chi connectivity index (χ0v) is 16.3. The molecule has 1 aromatic carbocycles. The standard InChI is InChI=1S/C17H20N4O6S/c1-11(21-28(24,25)14-7-5-13(26-3)6-8-14)16(23)27-12(2)15(22)20-17-18-9-4-10-19-17/h4-12,21H,1-3H3,(H,18,19,20,22)/t11-,12?/m0/s1. The summed E-state index contributed by atoms with van der Waals surface area (Å²) in [6.07, 6.45) is 1.70. The second-order valence-electron chi connectivity index (χ2n) is 5.66. The van der Waals surface area contributed by atoms with E-state index in [1.54, 1.807) is 6.07 Å². The van der Waals surface area contributed by atoms with E-state index in [0.717, 1.165) is 0 Å². The molecule has 0 spiro atoms. The van der Waals surface area contributed by atoms with Crippen molar-refractivity contribution in [3.05, 3.63) is 42.7 Å². The van der Waals surface area contributed by atoms with E-state index < -0.39 is 34.0 Å². The number of ether oxygens (including phenoxy) is 2. The van der Waals surface area contributed by atoms with Crippen molar-refractivity contribution in [2.24, 2.45) is 0 Å². The van der Waals surface area contributed by atoms with Crippen LogP contribution in [-0.2, 0) is 24.3 Å².